The van der Waals surface area contributed by atoms with Crippen molar-refractivity contribution in [3.63, 3.8) is 0 Å². The SMILES string of the molecule is C=C[Si](C)(C)O[C@H]1C[C@H](n2cc(C)c(=O)[nH]c2=O)O[C@]1(COC(c1ccccc1)(c1ccc(OC)cc1)c1ccc(OC)cc1)[Se]c1ccccc1. The van der Waals surface area contributed by atoms with Crippen LogP contribution in [0.2, 0.25) is 13.1 Å². The zero-order chi connectivity index (χ0) is 36.9. The summed E-state index contributed by atoms with van der Waals surface area (Å²) in [6.45, 7) is 10.1. The molecule has 9 nitrogen and oxygen atoms in total. The van der Waals surface area contributed by atoms with Crippen molar-refractivity contribution in [1.29, 1.82) is 0 Å². The van der Waals surface area contributed by atoms with E-state index in [1.165, 1.54) is 4.57 Å². The zero-order valence-corrected chi connectivity index (χ0v) is 32.7. The third kappa shape index (κ3) is 7.66. The van der Waals surface area contributed by atoms with Crippen LogP contribution in [-0.4, -0.2) is 64.3 Å². The van der Waals surface area contributed by atoms with Crippen molar-refractivity contribution in [3.05, 3.63) is 171 Å². The maximum atomic E-state index is 13.3. The Hall–Kier alpha value is -4.48. The third-order valence-corrected chi connectivity index (χ3v) is 14.0. The number of hydrogen-bond donors (Lipinski definition) is 1. The summed E-state index contributed by atoms with van der Waals surface area (Å²) in [6.07, 6.45) is 0.701. The fourth-order valence-corrected chi connectivity index (χ4v) is 10.4. The summed E-state index contributed by atoms with van der Waals surface area (Å²) in [7, 11) is 0.855. The second-order valence-corrected chi connectivity index (χ2v) is 19.9. The summed E-state index contributed by atoms with van der Waals surface area (Å²) in [6, 6.07) is 36.1. The van der Waals surface area contributed by atoms with Crippen LogP contribution in [0.1, 0.15) is 34.9 Å². The number of hydrogen-bond acceptors (Lipinski definition) is 7. The Morgan fingerprint density at radius 2 is 1.42 bits per heavy atom. The Morgan fingerprint density at radius 3 is 1.96 bits per heavy atom. The number of nitrogens with zero attached hydrogens (tertiary/aromatic N) is 1. The Kier molecular flexibility index (Phi) is 11.2. The van der Waals surface area contributed by atoms with Gasteiger partial charge < -0.3 is 0 Å². The predicted octanol–water partition coefficient (Wildman–Crippen LogP) is 5.83. The van der Waals surface area contributed by atoms with Crippen LogP contribution in [0.4, 0.5) is 0 Å². The minimum atomic E-state index is -2.43. The van der Waals surface area contributed by atoms with Gasteiger partial charge in [-0.25, -0.2) is 0 Å². The average molecular weight is 784 g/mol. The van der Waals surface area contributed by atoms with Crippen LogP contribution < -0.4 is 25.2 Å². The van der Waals surface area contributed by atoms with Gasteiger partial charge in [-0.1, -0.05) is 0 Å². The first-order chi connectivity index (χ1) is 25.0. The molecule has 5 aromatic rings. The van der Waals surface area contributed by atoms with Gasteiger partial charge in [0.25, 0.3) is 0 Å². The monoisotopic (exact) mass is 784 g/mol. The van der Waals surface area contributed by atoms with E-state index in [1.807, 2.05) is 90.6 Å². The molecule has 1 saturated heterocycles. The van der Waals surface area contributed by atoms with Crippen molar-refractivity contribution in [3.8, 4) is 11.5 Å². The van der Waals surface area contributed by atoms with E-state index in [0.717, 1.165) is 32.7 Å². The Labute approximate surface area is 311 Å². The Morgan fingerprint density at radius 1 is 0.885 bits per heavy atom. The van der Waals surface area contributed by atoms with Crippen LogP contribution in [0.15, 0.2) is 137 Å². The molecule has 0 saturated carbocycles. The molecule has 1 N–H and O–H groups in total. The van der Waals surface area contributed by atoms with Crippen LogP contribution in [0.25, 0.3) is 0 Å². The van der Waals surface area contributed by atoms with E-state index in [-0.39, 0.29) is 21.6 Å². The first-order valence-electron chi connectivity index (χ1n) is 17.1. The average Bonchev–Trinajstić information content (AvgIpc) is 3.50. The standard InChI is InChI=1S/C41H44N2O7SeSi/c1-7-52(5,6)50-36-26-37(43-27-29(2)38(44)42-39(43)45)49-40(36,51-35-16-12-9-13-17-35)28-48-41(30-14-10-8-11-15-30,31-18-22-33(46-3)23-19-31)32-20-24-34(47-4)25-21-32/h7-25,27,36-37H,1,26,28H2,2-6H3,(H,42,44,45)/t36-,37+,40+/m0/s1. The van der Waals surface area contributed by atoms with Crippen LogP contribution in [0, 0.1) is 6.92 Å². The minimum absolute atomic E-state index is 0.0920. The van der Waals surface area contributed by atoms with Crippen molar-refractivity contribution in [2.24, 2.45) is 0 Å². The van der Waals surface area contributed by atoms with Crippen molar-refractivity contribution in [2.45, 2.75) is 48.9 Å². The summed E-state index contributed by atoms with van der Waals surface area (Å²) in [4.78, 5) is 28.1. The van der Waals surface area contributed by atoms with Gasteiger partial charge in [-0.15, -0.1) is 0 Å². The molecule has 0 bridgehead atoms. The predicted molar refractivity (Wildman–Crippen MR) is 206 cm³/mol. The molecule has 0 aliphatic carbocycles. The van der Waals surface area contributed by atoms with Crippen molar-refractivity contribution >= 4 is 27.7 Å². The molecule has 2 heterocycles. The fourth-order valence-electron chi connectivity index (χ4n) is 6.46. The van der Waals surface area contributed by atoms with E-state index >= 15 is 0 Å². The van der Waals surface area contributed by atoms with Gasteiger partial charge in [-0.05, 0) is 0 Å². The van der Waals surface area contributed by atoms with Crippen LogP contribution in [-0.2, 0) is 19.5 Å². The molecule has 4 aromatic carbocycles. The second kappa shape index (κ2) is 15.6. The molecule has 0 unspecified atom stereocenters. The van der Waals surface area contributed by atoms with Gasteiger partial charge in [0.15, 0.2) is 0 Å². The Balaban J connectivity index is 1.56. The molecule has 1 aromatic heterocycles. The first-order valence-corrected chi connectivity index (χ1v) is 21.8. The van der Waals surface area contributed by atoms with Crippen LogP contribution in [0.3, 0.4) is 0 Å². The molecular weight excluding hydrogens is 740 g/mol. The fraction of sp³-hybridized carbons (Fsp3) is 0.268. The number of benzene rings is 4. The molecule has 1 fully saturated rings. The summed E-state index contributed by atoms with van der Waals surface area (Å²) in [5.41, 5.74) is 2.89. The third-order valence-electron chi connectivity index (χ3n) is 9.33. The van der Waals surface area contributed by atoms with E-state index in [1.54, 1.807) is 27.3 Å². The van der Waals surface area contributed by atoms with Gasteiger partial charge in [0.2, 0.25) is 0 Å². The van der Waals surface area contributed by atoms with Gasteiger partial charge in [-0.3, -0.25) is 0 Å². The molecule has 0 amide bonds. The molecule has 52 heavy (non-hydrogen) atoms. The van der Waals surface area contributed by atoms with Gasteiger partial charge in [0.1, 0.15) is 0 Å². The van der Waals surface area contributed by atoms with E-state index in [2.05, 4.69) is 48.9 Å². The molecule has 1 aliphatic heterocycles. The molecule has 0 radical (unpaired) electrons. The van der Waals surface area contributed by atoms with Gasteiger partial charge in [-0.2, -0.15) is 0 Å². The Bertz CT molecular complexity index is 2040. The number of ether oxygens (including phenoxy) is 4. The van der Waals surface area contributed by atoms with Gasteiger partial charge >= 0.3 is 313 Å². The molecule has 11 heteroatoms. The number of aryl methyl sites for hydroxylation is 1. The zero-order valence-electron chi connectivity index (χ0n) is 30.0. The second-order valence-electron chi connectivity index (χ2n) is 13.2. The number of methoxy groups -OCH3 is 2. The maximum absolute atomic E-state index is 13.3. The number of nitrogens with one attached hydrogen (secondary N) is 1. The number of H-pyrrole nitrogens is 1. The van der Waals surface area contributed by atoms with E-state index < -0.39 is 42.0 Å². The van der Waals surface area contributed by atoms with E-state index in [9.17, 15) is 9.59 Å². The van der Waals surface area contributed by atoms with Gasteiger partial charge in [0, 0.05) is 0 Å². The summed E-state index contributed by atoms with van der Waals surface area (Å²) < 4.78 is 34.3. The topological polar surface area (TPSA) is 101 Å². The molecule has 270 valence electrons. The number of aromatic amines is 1. The van der Waals surface area contributed by atoms with E-state index in [0.29, 0.717) is 12.0 Å². The van der Waals surface area contributed by atoms with Crippen molar-refractivity contribution < 1.29 is 23.4 Å². The number of aromatic nitrogens is 2. The van der Waals surface area contributed by atoms with Crippen LogP contribution >= 0.6 is 0 Å². The quantitative estimate of drug-likeness (QED) is 0.112. The molecule has 1 aliphatic rings. The summed E-state index contributed by atoms with van der Waals surface area (Å²) >= 11 is -0.386. The van der Waals surface area contributed by atoms with Crippen LogP contribution in [0.5, 0.6) is 11.5 Å². The summed E-state index contributed by atoms with van der Waals surface area (Å²) in [5, 5.41) is 0. The molecular formula is C41H44N2O7SeSi. The van der Waals surface area contributed by atoms with Gasteiger partial charge in [0.05, 0.1) is 0 Å². The van der Waals surface area contributed by atoms with Crippen molar-refractivity contribution in [1.82, 2.24) is 9.55 Å². The number of rotatable bonds is 14. The summed E-state index contributed by atoms with van der Waals surface area (Å²) in [5.74, 6) is 1.44. The van der Waals surface area contributed by atoms with Crippen molar-refractivity contribution in [2.75, 3.05) is 20.8 Å². The normalized spacial score (nSPS) is 18.9. The first kappa shape index (κ1) is 37.3. The molecule has 6 rings (SSSR count). The van der Waals surface area contributed by atoms with E-state index in [4.69, 9.17) is 23.4 Å². The molecule has 3 atom stereocenters. The molecule has 0 spiro atoms.